The Balaban J connectivity index is 2.24. The molecule has 2 N–H and O–H groups in total. The van der Waals surface area contributed by atoms with Crippen LogP contribution in [0.5, 0.6) is 0 Å². The third-order valence-corrected chi connectivity index (χ3v) is 3.29. The summed E-state index contributed by atoms with van der Waals surface area (Å²) in [5, 5.41) is 9.66. The van der Waals surface area contributed by atoms with Gasteiger partial charge in [-0.1, -0.05) is 0 Å². The molecule has 1 aliphatic heterocycles. The summed E-state index contributed by atoms with van der Waals surface area (Å²) >= 11 is 1.39. The van der Waals surface area contributed by atoms with Crippen LogP contribution in [0.4, 0.5) is 4.79 Å². The molecular weight excluding hydrogens is 240 g/mol. The average Bonchev–Trinajstić information content (AvgIpc) is 2.88. The molecule has 88 valence electrons. The van der Waals surface area contributed by atoms with Crippen molar-refractivity contribution in [2.75, 3.05) is 0 Å². The summed E-state index contributed by atoms with van der Waals surface area (Å²) in [6.07, 6.45) is 2.87. The summed E-state index contributed by atoms with van der Waals surface area (Å²) in [5.74, 6) is -0.00782. The monoisotopic (exact) mass is 251 g/mol. The van der Waals surface area contributed by atoms with Gasteiger partial charge in [-0.15, -0.1) is 11.3 Å². The topological polar surface area (TPSA) is 84.9 Å². The van der Waals surface area contributed by atoms with Crippen LogP contribution >= 0.6 is 11.3 Å². The lowest BCUT2D eigenvalue weighted by Crippen LogP contribution is -2.44. The second-order valence-corrected chi connectivity index (χ2v) is 4.61. The minimum atomic E-state index is -0.646. The molecule has 0 saturated carbocycles. The predicted molar refractivity (Wildman–Crippen MR) is 64.9 cm³/mol. The van der Waals surface area contributed by atoms with E-state index in [0.29, 0.717) is 5.56 Å². The summed E-state index contributed by atoms with van der Waals surface area (Å²) in [4.78, 5) is 23.4. The Kier molecular flexibility index (Phi) is 2.86. The van der Waals surface area contributed by atoms with Crippen molar-refractivity contribution < 1.29 is 14.3 Å². The smallest absolute Gasteiger partial charge is 0.315 e. The van der Waals surface area contributed by atoms with Crippen LogP contribution < -0.4 is 5.73 Å². The molecule has 2 rings (SSSR count). The Morgan fingerprint density at radius 3 is 2.53 bits per heavy atom. The van der Waals surface area contributed by atoms with E-state index in [1.165, 1.54) is 30.7 Å². The molecule has 0 spiro atoms. The third kappa shape index (κ3) is 2.15. The minimum absolute atomic E-state index is 0.00782. The number of hydrogen-bond acceptors (Lipinski definition) is 5. The molecule has 0 radical (unpaired) electrons. The summed E-state index contributed by atoms with van der Waals surface area (Å²) in [5.41, 5.74) is 5.92. The number of rotatable bonds is 3. The molecule has 0 unspecified atom stereocenters. The van der Waals surface area contributed by atoms with Crippen molar-refractivity contribution in [3.8, 4) is 0 Å². The molecule has 17 heavy (non-hydrogen) atoms. The molecule has 0 aliphatic carbocycles. The maximum absolute atomic E-state index is 11.4. The number of ketones is 1. The van der Waals surface area contributed by atoms with E-state index in [4.69, 9.17) is 5.73 Å². The van der Waals surface area contributed by atoms with Crippen molar-refractivity contribution in [3.63, 3.8) is 0 Å². The van der Waals surface area contributed by atoms with Crippen LogP contribution in [0.15, 0.2) is 21.6 Å². The number of nitrogens with two attached hydrogens (primary N) is 1. The number of primary amides is 1. The zero-order valence-electron chi connectivity index (χ0n) is 9.16. The number of nitrogens with zero attached hydrogens (tertiary/aromatic N) is 3. The number of urea groups is 1. The summed E-state index contributed by atoms with van der Waals surface area (Å²) in [6.45, 7) is 1.73. The fourth-order valence-electron chi connectivity index (χ4n) is 1.45. The van der Waals surface area contributed by atoms with Gasteiger partial charge in [-0.05, 0) is 23.2 Å². The van der Waals surface area contributed by atoms with E-state index in [9.17, 15) is 9.59 Å². The number of hydrogen-bond donors (Lipinski definition) is 1. The second kappa shape index (κ2) is 4.19. The standard InChI is InChI=1S/C10H10N4O2S/c1-7(15)8-4-9(17-6-8)5-14(10(11)16)12-2-3-13-14/h2-4,6H,5H2,1H3,(H-,11,16)/p+1. The molecule has 6 nitrogen and oxygen atoms in total. The zero-order chi connectivity index (χ0) is 12.5. The number of thiophene rings is 1. The molecule has 0 bridgehead atoms. The SMILES string of the molecule is CC(=O)c1csc(C[N+]2(C(N)=O)N=CC=N2)c1. The lowest BCUT2D eigenvalue weighted by atomic mass is 10.2. The van der Waals surface area contributed by atoms with Gasteiger partial charge in [-0.2, -0.15) is 0 Å². The Bertz CT molecular complexity index is 520. The molecule has 0 fully saturated rings. The van der Waals surface area contributed by atoms with E-state index >= 15 is 0 Å². The summed E-state index contributed by atoms with van der Waals surface area (Å²) in [7, 11) is 0. The number of amides is 2. The molecule has 7 heteroatoms. The van der Waals surface area contributed by atoms with Crippen LogP contribution in [0.3, 0.4) is 0 Å². The van der Waals surface area contributed by atoms with Gasteiger partial charge in [0.2, 0.25) is 0 Å². The molecule has 0 saturated heterocycles. The quantitative estimate of drug-likeness (QED) is 0.649. The molecule has 1 aromatic heterocycles. The summed E-state index contributed by atoms with van der Waals surface area (Å²) in [6, 6.07) is 1.09. The van der Waals surface area contributed by atoms with Crippen LogP contribution in [0.25, 0.3) is 0 Å². The lowest BCUT2D eigenvalue weighted by Gasteiger charge is -2.16. The first-order chi connectivity index (χ1) is 8.03. The first kappa shape index (κ1) is 11.6. The van der Waals surface area contributed by atoms with Gasteiger partial charge < -0.3 is 5.73 Å². The van der Waals surface area contributed by atoms with Crippen LogP contribution in [0, 0.1) is 0 Å². The fraction of sp³-hybridized carbons (Fsp3) is 0.200. The lowest BCUT2D eigenvalue weighted by molar-refractivity contribution is -0.872. The van der Waals surface area contributed by atoms with Crippen LogP contribution in [-0.2, 0) is 6.54 Å². The molecule has 0 aromatic carbocycles. The summed E-state index contributed by atoms with van der Waals surface area (Å²) < 4.78 is -0.516. The second-order valence-electron chi connectivity index (χ2n) is 3.61. The first-order valence-corrected chi connectivity index (χ1v) is 5.78. The van der Waals surface area contributed by atoms with Gasteiger partial charge in [0.15, 0.2) is 12.3 Å². The van der Waals surface area contributed by atoms with Crippen molar-refractivity contribution in [2.24, 2.45) is 15.9 Å². The van der Waals surface area contributed by atoms with E-state index in [1.54, 1.807) is 11.4 Å². The van der Waals surface area contributed by atoms with Gasteiger partial charge in [0.25, 0.3) is 0 Å². The molecule has 0 atom stereocenters. The molecule has 1 aliphatic rings. The van der Waals surface area contributed by atoms with Gasteiger partial charge in [-0.3, -0.25) is 4.79 Å². The van der Waals surface area contributed by atoms with E-state index in [2.05, 4.69) is 10.2 Å². The van der Waals surface area contributed by atoms with Crippen molar-refractivity contribution in [1.29, 1.82) is 0 Å². The van der Waals surface area contributed by atoms with E-state index in [-0.39, 0.29) is 12.3 Å². The normalized spacial score (nSPS) is 16.3. The highest BCUT2D eigenvalue weighted by Gasteiger charge is 2.38. The van der Waals surface area contributed by atoms with Gasteiger partial charge in [0, 0.05) is 15.6 Å². The molecular formula is C10H11N4O2S+. The largest absolute Gasteiger partial charge is 0.468 e. The maximum Gasteiger partial charge on any atom is 0.468 e. The van der Waals surface area contributed by atoms with E-state index < -0.39 is 10.7 Å². The molecule has 1 aromatic rings. The predicted octanol–water partition coefficient (Wildman–Crippen LogP) is 1.33. The number of carbonyl (C=O) groups excluding carboxylic acids is 2. The van der Waals surface area contributed by atoms with Crippen molar-refractivity contribution in [1.82, 2.24) is 0 Å². The van der Waals surface area contributed by atoms with E-state index in [1.807, 2.05) is 0 Å². The molecule has 2 heterocycles. The first-order valence-electron chi connectivity index (χ1n) is 4.90. The highest BCUT2D eigenvalue weighted by molar-refractivity contribution is 7.10. The number of Topliss-reactive ketones (excluding diaryl/α,β-unsaturated/α-hetero) is 1. The Morgan fingerprint density at radius 2 is 2.06 bits per heavy atom. The highest BCUT2D eigenvalue weighted by Crippen LogP contribution is 2.23. The maximum atomic E-state index is 11.4. The number of carbonyl (C=O) groups is 2. The van der Waals surface area contributed by atoms with Crippen LogP contribution in [-0.4, -0.2) is 28.9 Å². The van der Waals surface area contributed by atoms with Gasteiger partial charge in [-0.25, -0.2) is 4.79 Å². The fourth-order valence-corrected chi connectivity index (χ4v) is 2.41. The van der Waals surface area contributed by atoms with Gasteiger partial charge in [0.05, 0.1) is 4.88 Å². The van der Waals surface area contributed by atoms with E-state index in [0.717, 1.165) is 4.88 Å². The van der Waals surface area contributed by atoms with Crippen LogP contribution in [0.1, 0.15) is 22.2 Å². The van der Waals surface area contributed by atoms with Crippen LogP contribution in [0.2, 0.25) is 0 Å². The Labute approximate surface area is 102 Å². The third-order valence-electron chi connectivity index (χ3n) is 2.37. The Hall–Kier alpha value is -1.86. The highest BCUT2D eigenvalue weighted by atomic mass is 32.1. The average molecular weight is 251 g/mol. The number of quaternary nitrogens is 1. The Morgan fingerprint density at radius 1 is 1.41 bits per heavy atom. The van der Waals surface area contributed by atoms with Crippen molar-refractivity contribution >= 4 is 35.6 Å². The zero-order valence-corrected chi connectivity index (χ0v) is 9.98. The van der Waals surface area contributed by atoms with Gasteiger partial charge >= 0.3 is 6.03 Å². The van der Waals surface area contributed by atoms with Gasteiger partial charge in [0.1, 0.15) is 12.4 Å². The van der Waals surface area contributed by atoms with Crippen molar-refractivity contribution in [2.45, 2.75) is 13.5 Å². The minimum Gasteiger partial charge on any atom is -0.315 e. The van der Waals surface area contributed by atoms with Crippen molar-refractivity contribution in [3.05, 3.63) is 21.9 Å². The molecule has 2 amide bonds.